The van der Waals surface area contributed by atoms with Gasteiger partial charge in [0.2, 0.25) is 0 Å². The van der Waals surface area contributed by atoms with Crippen LogP contribution in [0.5, 0.6) is 0 Å². The van der Waals surface area contributed by atoms with Crippen LogP contribution in [0.25, 0.3) is 0 Å². The van der Waals surface area contributed by atoms with Gasteiger partial charge in [0.05, 0.1) is 27.6 Å². The van der Waals surface area contributed by atoms with Crippen molar-refractivity contribution >= 4 is 61.9 Å². The Morgan fingerprint density at radius 1 is 0.784 bits per heavy atom. The molecule has 270 valence electrons. The van der Waals surface area contributed by atoms with E-state index in [-0.39, 0.29) is 5.78 Å². The third kappa shape index (κ3) is 8.86. The largest absolute Gasteiger partial charge is 0.340 e. The number of carbonyl (C=O) groups excluding carboxylic acids is 1. The minimum atomic E-state index is -3.23. The smallest absolute Gasteiger partial charge is 0.175 e. The molecule has 0 saturated carbocycles. The highest BCUT2D eigenvalue weighted by Gasteiger charge is 2.27. The van der Waals surface area contributed by atoms with Crippen molar-refractivity contribution in [2.45, 2.75) is 76.0 Å². The summed E-state index contributed by atoms with van der Waals surface area (Å²) in [6.45, 7) is 5.99. The molecule has 1 unspecified atom stereocenters. The van der Waals surface area contributed by atoms with Gasteiger partial charge in [-0.05, 0) is 115 Å². The lowest BCUT2D eigenvalue weighted by molar-refractivity contribution is 0.0988. The van der Waals surface area contributed by atoms with Crippen LogP contribution in [-0.4, -0.2) is 83.6 Å². The Morgan fingerprint density at radius 3 is 1.98 bits per heavy atom. The molecule has 10 heteroatoms. The molecule has 4 aromatic carbocycles. The predicted molar refractivity (Wildman–Crippen MR) is 214 cm³/mol. The number of benzene rings is 4. The van der Waals surface area contributed by atoms with Crippen LogP contribution >= 0.6 is 23.5 Å². The fourth-order valence-electron chi connectivity index (χ4n) is 7.06. The molecule has 3 heterocycles. The first-order valence-corrected chi connectivity index (χ1v) is 21.5. The SMILES string of the molecule is CCC(=O)c1ccc2c(c1)N(CCCN(C)C)c1ccccc1S2.CN1CCCCC1CCN1c2ccccc2Sc2ccc(S(C)(=O)=O)cc21. The molecule has 4 aromatic rings. The maximum absolute atomic E-state index is 12.1. The Hall–Kier alpha value is -3.28. The second kappa shape index (κ2) is 16.6. The van der Waals surface area contributed by atoms with Gasteiger partial charge in [-0.15, -0.1) is 0 Å². The summed E-state index contributed by atoms with van der Waals surface area (Å²) in [7, 11) is 3.20. The van der Waals surface area contributed by atoms with Crippen molar-refractivity contribution in [2.75, 3.05) is 63.4 Å². The number of anilines is 4. The Labute approximate surface area is 313 Å². The number of piperidine rings is 1. The van der Waals surface area contributed by atoms with Gasteiger partial charge >= 0.3 is 0 Å². The summed E-state index contributed by atoms with van der Waals surface area (Å²) >= 11 is 3.51. The number of sulfone groups is 1. The van der Waals surface area contributed by atoms with E-state index in [2.05, 4.69) is 101 Å². The second-order valence-electron chi connectivity index (χ2n) is 13.9. The summed E-state index contributed by atoms with van der Waals surface area (Å²) in [6.07, 6.45) is 7.82. The molecule has 0 spiro atoms. The van der Waals surface area contributed by atoms with Crippen LogP contribution in [0.3, 0.4) is 0 Å². The topological polar surface area (TPSA) is 64.2 Å². The summed E-state index contributed by atoms with van der Waals surface area (Å²) in [6, 6.07) is 29.2. The highest BCUT2D eigenvalue weighted by molar-refractivity contribution is 8.00. The van der Waals surface area contributed by atoms with Crippen molar-refractivity contribution < 1.29 is 13.2 Å². The highest BCUT2D eigenvalue weighted by Crippen LogP contribution is 2.50. The number of fused-ring (bicyclic) bond motifs is 4. The monoisotopic (exact) mass is 742 g/mol. The average molecular weight is 743 g/mol. The molecule has 0 aromatic heterocycles. The molecule has 3 aliphatic heterocycles. The van der Waals surface area contributed by atoms with E-state index in [9.17, 15) is 13.2 Å². The van der Waals surface area contributed by atoms with Gasteiger partial charge in [-0.25, -0.2) is 8.42 Å². The van der Waals surface area contributed by atoms with Crippen molar-refractivity contribution in [3.8, 4) is 0 Å². The van der Waals surface area contributed by atoms with E-state index < -0.39 is 9.84 Å². The minimum absolute atomic E-state index is 0.204. The maximum atomic E-state index is 12.1. The number of hydrogen-bond donors (Lipinski definition) is 0. The van der Waals surface area contributed by atoms with Gasteiger partial charge in [0.25, 0.3) is 0 Å². The first kappa shape index (κ1) is 37.5. The van der Waals surface area contributed by atoms with E-state index in [1.807, 2.05) is 25.1 Å². The lowest BCUT2D eigenvalue weighted by Gasteiger charge is -2.37. The van der Waals surface area contributed by atoms with E-state index in [0.29, 0.717) is 17.4 Å². The fourth-order valence-corrected chi connectivity index (χ4v) is 9.85. The first-order valence-electron chi connectivity index (χ1n) is 18.0. The van der Waals surface area contributed by atoms with Crippen molar-refractivity contribution in [3.63, 3.8) is 0 Å². The summed E-state index contributed by atoms with van der Waals surface area (Å²) in [5.41, 5.74) is 5.42. The van der Waals surface area contributed by atoms with Gasteiger partial charge in [-0.1, -0.05) is 67.2 Å². The zero-order chi connectivity index (χ0) is 36.1. The third-order valence-electron chi connectivity index (χ3n) is 9.89. The summed E-state index contributed by atoms with van der Waals surface area (Å²) in [5, 5.41) is 0. The molecule has 0 radical (unpaired) electrons. The molecule has 51 heavy (non-hydrogen) atoms. The minimum Gasteiger partial charge on any atom is -0.340 e. The van der Waals surface area contributed by atoms with Crippen LogP contribution in [-0.2, 0) is 9.84 Å². The van der Waals surface area contributed by atoms with Gasteiger partial charge < -0.3 is 19.6 Å². The van der Waals surface area contributed by atoms with E-state index in [0.717, 1.165) is 54.3 Å². The number of carbonyl (C=O) groups is 1. The van der Waals surface area contributed by atoms with Crippen LogP contribution in [0.2, 0.25) is 0 Å². The molecular weight excluding hydrogens is 693 g/mol. The Bertz CT molecular complexity index is 1970. The molecular formula is C41H50N4O3S3. The number of ketones is 1. The van der Waals surface area contributed by atoms with E-state index in [1.54, 1.807) is 29.6 Å². The molecule has 1 saturated heterocycles. The van der Waals surface area contributed by atoms with Gasteiger partial charge in [0.15, 0.2) is 15.6 Å². The lowest BCUT2D eigenvalue weighted by atomic mass is 9.99. The van der Waals surface area contributed by atoms with Crippen LogP contribution < -0.4 is 9.80 Å². The third-order valence-corrected chi connectivity index (χ3v) is 13.3. The van der Waals surface area contributed by atoms with Crippen LogP contribution in [0.4, 0.5) is 22.7 Å². The number of rotatable bonds is 10. The molecule has 0 bridgehead atoms. The zero-order valence-corrected chi connectivity index (χ0v) is 32.9. The fraction of sp³-hybridized carbons (Fsp3) is 0.390. The van der Waals surface area contributed by atoms with Crippen molar-refractivity contribution in [2.24, 2.45) is 0 Å². The molecule has 1 atom stereocenters. The van der Waals surface area contributed by atoms with Gasteiger partial charge in [-0.2, -0.15) is 0 Å². The van der Waals surface area contributed by atoms with E-state index in [4.69, 9.17) is 0 Å². The Kier molecular flexibility index (Phi) is 12.2. The van der Waals surface area contributed by atoms with Gasteiger partial charge in [0, 0.05) is 57.0 Å². The van der Waals surface area contributed by atoms with Gasteiger partial charge in [0.1, 0.15) is 0 Å². The lowest BCUT2D eigenvalue weighted by Crippen LogP contribution is -2.38. The van der Waals surface area contributed by atoms with Crippen LogP contribution in [0.1, 0.15) is 55.8 Å². The number of likely N-dealkylation sites (tertiary alicyclic amines) is 1. The van der Waals surface area contributed by atoms with Crippen molar-refractivity contribution in [1.29, 1.82) is 0 Å². The predicted octanol–water partition coefficient (Wildman–Crippen LogP) is 9.40. The maximum Gasteiger partial charge on any atom is 0.175 e. The number of Topliss-reactive ketones (excluding diaryl/α,β-unsaturated/α-hetero) is 1. The van der Waals surface area contributed by atoms with Crippen molar-refractivity contribution in [1.82, 2.24) is 9.80 Å². The van der Waals surface area contributed by atoms with Crippen LogP contribution in [0.15, 0.2) is 109 Å². The number of para-hydroxylation sites is 2. The standard InChI is InChI=1S/C21H26N2O2S2.C20H24N2OS/c1-22-13-6-5-7-16(22)12-14-23-18-8-3-4-9-20(18)26-21-11-10-17(15-19(21)23)27(2,24)25;1-4-18(23)15-10-11-20-17(14-15)22(13-7-12-21(2)3)16-8-5-6-9-19(16)24-20/h3-4,8-11,15-16H,5-7,12-14H2,1-2H3;5-6,8-11,14H,4,7,12-13H2,1-3H3. The van der Waals surface area contributed by atoms with E-state index >= 15 is 0 Å². The molecule has 7 rings (SSSR count). The normalized spacial score (nSPS) is 16.8. The zero-order valence-electron chi connectivity index (χ0n) is 30.5. The molecule has 0 N–H and O–H groups in total. The number of hydrogen-bond acceptors (Lipinski definition) is 9. The molecule has 0 amide bonds. The van der Waals surface area contributed by atoms with E-state index in [1.165, 1.54) is 58.1 Å². The summed E-state index contributed by atoms with van der Waals surface area (Å²) in [5.74, 6) is 0.204. The summed E-state index contributed by atoms with van der Waals surface area (Å²) < 4.78 is 24.2. The van der Waals surface area contributed by atoms with Crippen LogP contribution in [0, 0.1) is 0 Å². The molecule has 3 aliphatic rings. The second-order valence-corrected chi connectivity index (χ2v) is 18.1. The van der Waals surface area contributed by atoms with Crippen molar-refractivity contribution in [3.05, 3.63) is 90.5 Å². The highest BCUT2D eigenvalue weighted by atomic mass is 32.2. The number of nitrogens with zero attached hydrogens (tertiary/aromatic N) is 4. The Morgan fingerprint density at radius 2 is 1.37 bits per heavy atom. The molecule has 0 aliphatic carbocycles. The molecule has 7 nitrogen and oxygen atoms in total. The quantitative estimate of drug-likeness (QED) is 0.148. The molecule has 1 fully saturated rings. The average Bonchev–Trinajstić information content (AvgIpc) is 3.12. The Balaban J connectivity index is 0.000000177. The first-order chi connectivity index (χ1) is 24.5. The summed E-state index contributed by atoms with van der Waals surface area (Å²) in [4.78, 5) is 26.8. The van der Waals surface area contributed by atoms with Gasteiger partial charge in [-0.3, -0.25) is 4.79 Å².